The van der Waals surface area contributed by atoms with E-state index in [0.717, 1.165) is 25.1 Å². The minimum absolute atomic E-state index is 0.234. The van der Waals surface area contributed by atoms with E-state index in [-0.39, 0.29) is 4.90 Å². The zero-order valence-electron chi connectivity index (χ0n) is 11.7. The Balaban J connectivity index is 1.78. The van der Waals surface area contributed by atoms with Crippen molar-refractivity contribution in [1.29, 1.82) is 0 Å². The van der Waals surface area contributed by atoms with Gasteiger partial charge in [-0.25, -0.2) is 13.6 Å². The maximum absolute atomic E-state index is 11.6. The van der Waals surface area contributed by atoms with Gasteiger partial charge < -0.3 is 4.90 Å². The zero-order chi connectivity index (χ0) is 14.9. The summed E-state index contributed by atoms with van der Waals surface area (Å²) in [5.74, 6) is 0. The summed E-state index contributed by atoms with van der Waals surface area (Å²) in [7, 11) is -3.66. The van der Waals surface area contributed by atoms with Gasteiger partial charge >= 0.3 is 0 Å². The maximum Gasteiger partial charge on any atom is 0.238 e. The molecule has 0 saturated heterocycles. The predicted molar refractivity (Wildman–Crippen MR) is 83.9 cm³/mol. The molecule has 0 unspecified atom stereocenters. The lowest BCUT2D eigenvalue weighted by Gasteiger charge is -2.20. The SMILES string of the molecule is NS(=O)(=O)c1ccccc1CCN1CCc2ccccc21. The van der Waals surface area contributed by atoms with E-state index in [1.54, 1.807) is 12.1 Å². The monoisotopic (exact) mass is 302 g/mol. The highest BCUT2D eigenvalue weighted by molar-refractivity contribution is 7.89. The van der Waals surface area contributed by atoms with Crippen molar-refractivity contribution in [2.24, 2.45) is 5.14 Å². The summed E-state index contributed by atoms with van der Waals surface area (Å²) >= 11 is 0. The fraction of sp³-hybridized carbons (Fsp3) is 0.250. The molecule has 2 aromatic carbocycles. The smallest absolute Gasteiger partial charge is 0.238 e. The lowest BCUT2D eigenvalue weighted by atomic mass is 10.1. The second kappa shape index (κ2) is 5.50. The van der Waals surface area contributed by atoms with Gasteiger partial charge in [-0.2, -0.15) is 0 Å². The van der Waals surface area contributed by atoms with Crippen LogP contribution in [0, 0.1) is 0 Å². The zero-order valence-corrected chi connectivity index (χ0v) is 12.5. The Hall–Kier alpha value is -1.85. The van der Waals surface area contributed by atoms with Gasteiger partial charge in [0.05, 0.1) is 4.90 Å². The Morgan fingerprint density at radius 2 is 1.76 bits per heavy atom. The Morgan fingerprint density at radius 1 is 1.05 bits per heavy atom. The summed E-state index contributed by atoms with van der Waals surface area (Å²) in [6.45, 7) is 1.78. The number of hydrogen-bond donors (Lipinski definition) is 1. The number of benzene rings is 2. The highest BCUT2D eigenvalue weighted by atomic mass is 32.2. The Bertz CT molecular complexity index is 756. The van der Waals surface area contributed by atoms with Crippen molar-refractivity contribution in [3.63, 3.8) is 0 Å². The van der Waals surface area contributed by atoms with Gasteiger partial charge in [-0.3, -0.25) is 0 Å². The average Bonchev–Trinajstić information content (AvgIpc) is 2.88. The number of nitrogens with two attached hydrogens (primary N) is 1. The summed E-state index contributed by atoms with van der Waals surface area (Å²) in [6.07, 6.45) is 1.72. The van der Waals surface area contributed by atoms with Gasteiger partial charge in [-0.05, 0) is 36.1 Å². The molecule has 0 aliphatic carbocycles. The molecule has 0 atom stereocenters. The van der Waals surface area contributed by atoms with Gasteiger partial charge in [-0.15, -0.1) is 0 Å². The fourth-order valence-electron chi connectivity index (χ4n) is 2.88. The summed E-state index contributed by atoms with van der Waals surface area (Å²) < 4.78 is 23.2. The first-order valence-corrected chi connectivity index (χ1v) is 8.54. The van der Waals surface area contributed by atoms with E-state index in [4.69, 9.17) is 5.14 Å². The van der Waals surface area contributed by atoms with Crippen LogP contribution in [-0.4, -0.2) is 21.5 Å². The molecular formula is C16H18N2O2S. The van der Waals surface area contributed by atoms with E-state index in [1.165, 1.54) is 11.3 Å². The topological polar surface area (TPSA) is 63.4 Å². The molecule has 1 aliphatic heterocycles. The van der Waals surface area contributed by atoms with Gasteiger partial charge in [0, 0.05) is 18.8 Å². The molecule has 21 heavy (non-hydrogen) atoms. The van der Waals surface area contributed by atoms with Gasteiger partial charge in [0.1, 0.15) is 0 Å². The quantitative estimate of drug-likeness (QED) is 0.939. The predicted octanol–water partition coefficient (Wildman–Crippen LogP) is 1.94. The second-order valence-electron chi connectivity index (χ2n) is 5.27. The summed E-state index contributed by atoms with van der Waals surface area (Å²) in [5.41, 5.74) is 3.40. The standard InChI is InChI=1S/C16H18N2O2S/c17-21(19,20)16-8-4-2-6-14(16)10-12-18-11-9-13-5-1-3-7-15(13)18/h1-8H,9-12H2,(H2,17,19,20). The van der Waals surface area contributed by atoms with E-state index in [2.05, 4.69) is 23.1 Å². The van der Waals surface area contributed by atoms with E-state index >= 15 is 0 Å². The molecule has 2 aromatic rings. The maximum atomic E-state index is 11.6. The molecule has 0 bridgehead atoms. The molecular weight excluding hydrogens is 284 g/mol. The summed E-state index contributed by atoms with van der Waals surface area (Å²) in [6, 6.07) is 15.3. The molecule has 1 heterocycles. The van der Waals surface area contributed by atoms with Crippen molar-refractivity contribution >= 4 is 15.7 Å². The van der Waals surface area contributed by atoms with E-state index in [1.807, 2.05) is 18.2 Å². The normalized spacial score (nSPS) is 14.2. The highest BCUT2D eigenvalue weighted by Crippen LogP contribution is 2.27. The number of anilines is 1. The van der Waals surface area contributed by atoms with Gasteiger partial charge in [0.15, 0.2) is 0 Å². The van der Waals surface area contributed by atoms with Crippen LogP contribution in [-0.2, 0) is 22.9 Å². The summed E-state index contributed by atoms with van der Waals surface area (Å²) in [5, 5.41) is 5.28. The Morgan fingerprint density at radius 3 is 2.57 bits per heavy atom. The van der Waals surface area contributed by atoms with Crippen molar-refractivity contribution in [2.75, 3.05) is 18.0 Å². The first-order valence-electron chi connectivity index (χ1n) is 6.99. The molecule has 0 spiro atoms. The van der Waals surface area contributed by atoms with Crippen LogP contribution in [0.2, 0.25) is 0 Å². The fourth-order valence-corrected chi connectivity index (χ4v) is 3.69. The first kappa shape index (κ1) is 14.1. The lowest BCUT2D eigenvalue weighted by molar-refractivity contribution is 0.596. The van der Waals surface area contributed by atoms with Crippen LogP contribution < -0.4 is 10.0 Å². The molecule has 0 saturated carbocycles. The molecule has 1 aliphatic rings. The van der Waals surface area contributed by atoms with Crippen LogP contribution in [0.15, 0.2) is 53.4 Å². The third-order valence-electron chi connectivity index (χ3n) is 3.91. The van der Waals surface area contributed by atoms with E-state index in [9.17, 15) is 8.42 Å². The van der Waals surface area contributed by atoms with Crippen LogP contribution in [0.5, 0.6) is 0 Å². The Kier molecular flexibility index (Phi) is 3.69. The number of para-hydroxylation sites is 1. The first-order chi connectivity index (χ1) is 10.1. The minimum Gasteiger partial charge on any atom is -0.371 e. The number of fused-ring (bicyclic) bond motifs is 1. The molecule has 5 heteroatoms. The molecule has 4 nitrogen and oxygen atoms in total. The largest absolute Gasteiger partial charge is 0.371 e. The van der Waals surface area contributed by atoms with Crippen LogP contribution in [0.3, 0.4) is 0 Å². The molecule has 3 rings (SSSR count). The van der Waals surface area contributed by atoms with Crippen LogP contribution in [0.1, 0.15) is 11.1 Å². The number of nitrogens with zero attached hydrogens (tertiary/aromatic N) is 1. The van der Waals surface area contributed by atoms with Crippen molar-refractivity contribution in [3.05, 3.63) is 59.7 Å². The van der Waals surface area contributed by atoms with Crippen LogP contribution >= 0.6 is 0 Å². The molecule has 0 fully saturated rings. The third kappa shape index (κ3) is 2.94. The van der Waals surface area contributed by atoms with Crippen molar-refractivity contribution in [1.82, 2.24) is 0 Å². The molecule has 0 radical (unpaired) electrons. The van der Waals surface area contributed by atoms with Crippen molar-refractivity contribution in [3.8, 4) is 0 Å². The molecule has 0 amide bonds. The second-order valence-corrected chi connectivity index (χ2v) is 6.80. The van der Waals surface area contributed by atoms with Crippen LogP contribution in [0.25, 0.3) is 0 Å². The molecule has 2 N–H and O–H groups in total. The van der Waals surface area contributed by atoms with E-state index in [0.29, 0.717) is 6.42 Å². The minimum atomic E-state index is -3.66. The van der Waals surface area contributed by atoms with Crippen molar-refractivity contribution < 1.29 is 8.42 Å². The van der Waals surface area contributed by atoms with Crippen LogP contribution in [0.4, 0.5) is 5.69 Å². The number of rotatable bonds is 4. The average molecular weight is 302 g/mol. The van der Waals surface area contributed by atoms with Gasteiger partial charge in [-0.1, -0.05) is 36.4 Å². The van der Waals surface area contributed by atoms with E-state index < -0.39 is 10.0 Å². The van der Waals surface area contributed by atoms with Gasteiger partial charge in [0.2, 0.25) is 10.0 Å². The van der Waals surface area contributed by atoms with Crippen molar-refractivity contribution in [2.45, 2.75) is 17.7 Å². The number of sulfonamides is 1. The number of primary sulfonamides is 1. The number of hydrogen-bond acceptors (Lipinski definition) is 3. The highest BCUT2D eigenvalue weighted by Gasteiger charge is 2.19. The Labute approximate surface area is 125 Å². The molecule has 110 valence electrons. The third-order valence-corrected chi connectivity index (χ3v) is 4.92. The summed E-state index contributed by atoms with van der Waals surface area (Å²) in [4.78, 5) is 2.53. The lowest BCUT2D eigenvalue weighted by Crippen LogP contribution is -2.24. The molecule has 0 aromatic heterocycles. The van der Waals surface area contributed by atoms with Gasteiger partial charge in [0.25, 0.3) is 0 Å².